The Kier molecular flexibility index (Phi) is 8.83. The highest BCUT2D eigenvalue weighted by atomic mass is 15.2. The molecule has 3 nitrogen and oxygen atoms in total. The van der Waals surface area contributed by atoms with Gasteiger partial charge in [0, 0.05) is 55.8 Å². The van der Waals surface area contributed by atoms with Gasteiger partial charge in [-0.2, -0.15) is 0 Å². The van der Waals surface area contributed by atoms with Crippen molar-refractivity contribution in [3.63, 3.8) is 0 Å². The summed E-state index contributed by atoms with van der Waals surface area (Å²) < 4.78 is 0. The molecular formula is C66H59N3. The van der Waals surface area contributed by atoms with Crippen LogP contribution in [-0.4, -0.2) is 0 Å². The van der Waals surface area contributed by atoms with Crippen LogP contribution < -0.4 is 14.7 Å². The molecule has 0 fully saturated rings. The molecule has 0 saturated carbocycles. The van der Waals surface area contributed by atoms with E-state index >= 15 is 0 Å². The van der Waals surface area contributed by atoms with Gasteiger partial charge in [-0.25, -0.2) is 0 Å². The first kappa shape index (κ1) is 41.8. The minimum Gasteiger partial charge on any atom is -0.311 e. The molecule has 8 aromatic rings. The molecule has 13 rings (SSSR count). The lowest BCUT2D eigenvalue weighted by molar-refractivity contribution is 0.567. The van der Waals surface area contributed by atoms with Crippen molar-refractivity contribution in [1.29, 1.82) is 0 Å². The Morgan fingerprint density at radius 3 is 1.42 bits per heavy atom. The van der Waals surface area contributed by atoms with Crippen LogP contribution in [0, 0.1) is 0 Å². The van der Waals surface area contributed by atoms with Crippen molar-refractivity contribution in [2.24, 2.45) is 0 Å². The molecule has 5 aliphatic rings. The fourth-order valence-corrected chi connectivity index (χ4v) is 12.9. The van der Waals surface area contributed by atoms with E-state index < -0.39 is 0 Å². The minimum absolute atomic E-state index is 0.120. The molecule has 0 N–H and O–H groups in total. The number of allylic oxidation sites excluding steroid dienone is 3. The Labute approximate surface area is 408 Å². The maximum absolute atomic E-state index is 2.70. The summed E-state index contributed by atoms with van der Waals surface area (Å²) >= 11 is 0. The molecule has 0 amide bonds. The van der Waals surface area contributed by atoms with Gasteiger partial charge in [-0.1, -0.05) is 165 Å². The highest BCUT2D eigenvalue weighted by Gasteiger charge is 2.52. The Hall–Kier alpha value is -7.36. The fraction of sp³-hybridized carbons (Fsp3) is 0.212. The third kappa shape index (κ3) is 5.86. The number of benzene rings is 8. The van der Waals surface area contributed by atoms with Gasteiger partial charge in [0.05, 0.1) is 17.1 Å². The van der Waals surface area contributed by atoms with Gasteiger partial charge in [0.1, 0.15) is 0 Å². The molecule has 3 heteroatoms. The Morgan fingerprint density at radius 2 is 0.812 bits per heavy atom. The lowest BCUT2D eigenvalue weighted by Gasteiger charge is -2.55. The van der Waals surface area contributed by atoms with Crippen LogP contribution >= 0.6 is 0 Å². The summed E-state index contributed by atoms with van der Waals surface area (Å²) in [6.07, 6.45) is 9.06. The van der Waals surface area contributed by atoms with E-state index in [0.29, 0.717) is 0 Å². The van der Waals surface area contributed by atoms with Crippen molar-refractivity contribution in [2.75, 3.05) is 14.7 Å². The molecular weight excluding hydrogens is 835 g/mol. The van der Waals surface area contributed by atoms with E-state index in [2.05, 4.69) is 258 Å². The Balaban J connectivity index is 1.01. The largest absolute Gasteiger partial charge is 0.311 e. The third-order valence-electron chi connectivity index (χ3n) is 16.8. The first-order chi connectivity index (χ1) is 33.3. The zero-order valence-electron chi connectivity index (χ0n) is 41.2. The summed E-state index contributed by atoms with van der Waals surface area (Å²) in [7, 11) is 0. The molecule has 0 unspecified atom stereocenters. The summed E-state index contributed by atoms with van der Waals surface area (Å²) in [4.78, 5) is 7.61. The van der Waals surface area contributed by atoms with E-state index in [1.165, 1.54) is 107 Å². The number of hydrogen-bond acceptors (Lipinski definition) is 3. The molecule has 8 aromatic carbocycles. The lowest BCUT2D eigenvalue weighted by Crippen LogP contribution is -2.43. The van der Waals surface area contributed by atoms with Crippen molar-refractivity contribution < 1.29 is 0 Å². The molecule has 0 bridgehead atoms. The van der Waals surface area contributed by atoms with Crippen molar-refractivity contribution >= 4 is 45.5 Å². The summed E-state index contributed by atoms with van der Waals surface area (Å²) in [5.74, 6) is 0. The van der Waals surface area contributed by atoms with Crippen LogP contribution in [0.5, 0.6) is 0 Å². The smallest absolute Gasteiger partial charge is 0.0545 e. The molecule has 0 saturated heterocycles. The van der Waals surface area contributed by atoms with Crippen molar-refractivity contribution in [2.45, 2.75) is 89.9 Å². The summed E-state index contributed by atoms with van der Waals surface area (Å²) in [5, 5.41) is 0. The number of rotatable bonds is 7. The van der Waals surface area contributed by atoms with E-state index in [4.69, 9.17) is 0 Å². The molecule has 0 aromatic heterocycles. The average molecular weight is 894 g/mol. The second kappa shape index (κ2) is 14.6. The van der Waals surface area contributed by atoms with Gasteiger partial charge >= 0.3 is 0 Å². The number of fused-ring (bicyclic) bond motifs is 3. The van der Waals surface area contributed by atoms with Crippen LogP contribution in [0.1, 0.15) is 113 Å². The number of para-hydroxylation sites is 3. The van der Waals surface area contributed by atoms with Crippen LogP contribution in [0.4, 0.5) is 45.5 Å². The van der Waals surface area contributed by atoms with Crippen LogP contribution in [0.3, 0.4) is 0 Å². The third-order valence-corrected chi connectivity index (χ3v) is 16.8. The minimum atomic E-state index is -0.347. The molecule has 338 valence electrons. The average Bonchev–Trinajstić information content (AvgIpc) is 3.59. The number of anilines is 8. The van der Waals surface area contributed by atoms with Crippen LogP contribution in [0.15, 0.2) is 194 Å². The van der Waals surface area contributed by atoms with E-state index in [9.17, 15) is 0 Å². The van der Waals surface area contributed by atoms with Gasteiger partial charge in [-0.05, 0) is 158 Å². The normalized spacial score (nSPS) is 17.3. The highest BCUT2D eigenvalue weighted by molar-refractivity contribution is 6.00. The van der Waals surface area contributed by atoms with E-state index in [1.54, 1.807) is 0 Å². The SMILES string of the molecule is CC1(C)c2ccccc2-c2ccc(N(c3ccccc3)c3cc4c5c(c3)C(C)(C)c3cc(-c6ccc(N(C7=CCCC=C7)c7ccccc7)cc6)cc6c3N5c3c(cccc3C4(C)C)C6(C)C)cc21. The van der Waals surface area contributed by atoms with Gasteiger partial charge in [0.25, 0.3) is 0 Å². The van der Waals surface area contributed by atoms with E-state index in [1.807, 2.05) is 0 Å². The van der Waals surface area contributed by atoms with E-state index in [0.717, 1.165) is 24.2 Å². The number of hydrogen-bond donors (Lipinski definition) is 0. The second-order valence-corrected chi connectivity index (χ2v) is 22.1. The molecule has 0 atom stereocenters. The second-order valence-electron chi connectivity index (χ2n) is 22.1. The molecule has 0 radical (unpaired) electrons. The quantitative estimate of drug-likeness (QED) is 0.158. The van der Waals surface area contributed by atoms with E-state index in [-0.39, 0.29) is 21.7 Å². The van der Waals surface area contributed by atoms with Crippen LogP contribution in [0.25, 0.3) is 22.3 Å². The topological polar surface area (TPSA) is 9.72 Å². The molecule has 3 aliphatic heterocycles. The predicted octanol–water partition coefficient (Wildman–Crippen LogP) is 17.9. The fourth-order valence-electron chi connectivity index (χ4n) is 12.9. The molecule has 3 heterocycles. The standard InChI is InChI=1S/C66H59N3/c1-63(2)52-28-19-18-27-50(52)51-36-35-48(39-55(51)63)68(46-25-16-11-17-26-46)49-40-58-62-59(41-49)66(7,8)57-38-43(37-56-61(57)69(62)60-53(64(56,3)4)29-20-30-54(60)65(58,5)6)42-31-33-47(34-32-42)67(44-21-12-9-13-22-44)45-23-14-10-15-24-45/h9,11-14,16-41H,10,15H2,1-8H3. The zero-order valence-corrected chi connectivity index (χ0v) is 41.2. The first-order valence-electron chi connectivity index (χ1n) is 25.0. The summed E-state index contributed by atoms with van der Waals surface area (Å²) in [5.41, 5.74) is 26.3. The maximum atomic E-state index is 2.70. The van der Waals surface area contributed by atoms with Gasteiger partial charge in [0.2, 0.25) is 0 Å². The molecule has 0 spiro atoms. The summed E-state index contributed by atoms with van der Waals surface area (Å²) in [6.45, 7) is 19.5. The molecule has 69 heavy (non-hydrogen) atoms. The Morgan fingerprint density at radius 1 is 0.348 bits per heavy atom. The van der Waals surface area contributed by atoms with Crippen LogP contribution in [-0.2, 0) is 21.7 Å². The van der Waals surface area contributed by atoms with Gasteiger partial charge in [0.15, 0.2) is 0 Å². The maximum Gasteiger partial charge on any atom is 0.0545 e. The summed E-state index contributed by atoms with van der Waals surface area (Å²) in [6, 6.07) is 64.5. The van der Waals surface area contributed by atoms with Gasteiger partial charge in [-0.15, -0.1) is 0 Å². The highest BCUT2D eigenvalue weighted by Crippen LogP contribution is 2.67. The van der Waals surface area contributed by atoms with Crippen molar-refractivity contribution in [1.82, 2.24) is 0 Å². The van der Waals surface area contributed by atoms with Gasteiger partial charge < -0.3 is 14.7 Å². The van der Waals surface area contributed by atoms with Crippen molar-refractivity contribution in [3.8, 4) is 22.3 Å². The van der Waals surface area contributed by atoms with Gasteiger partial charge in [-0.3, -0.25) is 0 Å². The first-order valence-corrected chi connectivity index (χ1v) is 25.0. The zero-order chi connectivity index (χ0) is 47.2. The number of nitrogens with zero attached hydrogens (tertiary/aromatic N) is 3. The molecule has 2 aliphatic carbocycles. The van der Waals surface area contributed by atoms with Crippen molar-refractivity contribution in [3.05, 3.63) is 238 Å². The van der Waals surface area contributed by atoms with Crippen LogP contribution in [0.2, 0.25) is 0 Å². The lowest BCUT2D eigenvalue weighted by atomic mass is 9.60. The monoisotopic (exact) mass is 893 g/mol. The predicted molar refractivity (Wildman–Crippen MR) is 290 cm³/mol. The Bertz CT molecular complexity index is 3490.